The summed E-state index contributed by atoms with van der Waals surface area (Å²) >= 11 is 0. The first-order chi connectivity index (χ1) is 13.9. The highest BCUT2D eigenvalue weighted by atomic mass is 16.5. The van der Waals surface area contributed by atoms with Gasteiger partial charge in [0.2, 0.25) is 0 Å². The number of aliphatic hydroxyl groups is 2. The number of Topliss-reactive ketones (excluding diaryl/α,β-unsaturated/α-hetero) is 1. The lowest BCUT2D eigenvalue weighted by Crippen LogP contribution is -2.32. The van der Waals surface area contributed by atoms with Crippen LogP contribution in [0.1, 0.15) is 67.8 Å². The number of hydrogen-bond donors (Lipinski definition) is 3. The lowest BCUT2D eigenvalue weighted by Gasteiger charge is -2.31. The number of aliphatic hydroxyl groups excluding tert-OH is 2. The highest BCUT2D eigenvalue weighted by molar-refractivity contribution is 6.03. The Morgan fingerprint density at radius 3 is 2.79 bits per heavy atom. The molecule has 1 fully saturated rings. The van der Waals surface area contributed by atoms with Gasteiger partial charge in [-0.25, -0.2) is 4.79 Å². The molecule has 3 rings (SSSR count). The maximum atomic E-state index is 13.2. The van der Waals surface area contributed by atoms with Crippen LogP contribution in [0.15, 0.2) is 18.2 Å². The molecule has 1 aromatic rings. The Balaban J connectivity index is 1.70. The van der Waals surface area contributed by atoms with Gasteiger partial charge in [0.1, 0.15) is 5.75 Å². The third-order valence-electron chi connectivity index (χ3n) is 6.53. The summed E-state index contributed by atoms with van der Waals surface area (Å²) in [5, 5.41) is 29.8. The van der Waals surface area contributed by atoms with Crippen molar-refractivity contribution >= 4 is 11.8 Å². The lowest BCUT2D eigenvalue weighted by molar-refractivity contribution is -0.139. The van der Waals surface area contributed by atoms with Crippen molar-refractivity contribution in [3.63, 3.8) is 0 Å². The highest BCUT2D eigenvalue weighted by Gasteiger charge is 2.49. The maximum Gasteiger partial charge on any atom is 0.341 e. The minimum absolute atomic E-state index is 0.00141. The summed E-state index contributed by atoms with van der Waals surface area (Å²) in [5.41, 5.74) is 1.34. The molecule has 0 amide bonds. The van der Waals surface area contributed by atoms with Crippen LogP contribution in [0.3, 0.4) is 0 Å². The lowest BCUT2D eigenvalue weighted by atomic mass is 9.72. The van der Waals surface area contributed by atoms with Crippen LogP contribution in [-0.2, 0) is 11.2 Å². The van der Waals surface area contributed by atoms with Crippen LogP contribution in [0.4, 0.5) is 0 Å². The number of carbonyl (C=O) groups excluding carboxylic acids is 1. The summed E-state index contributed by atoms with van der Waals surface area (Å²) < 4.78 is 5.35. The summed E-state index contributed by atoms with van der Waals surface area (Å²) in [6.45, 7) is 1.65. The van der Waals surface area contributed by atoms with Crippen molar-refractivity contribution in [1.82, 2.24) is 0 Å². The largest absolute Gasteiger partial charge is 0.481 e. The molecule has 0 bridgehead atoms. The first-order valence-electron chi connectivity index (χ1n) is 10.8. The van der Waals surface area contributed by atoms with E-state index in [0.717, 1.165) is 31.2 Å². The number of benzene rings is 1. The number of carboxylic acids is 1. The second-order valence-corrected chi connectivity index (χ2v) is 8.51. The van der Waals surface area contributed by atoms with Crippen molar-refractivity contribution in [2.75, 3.05) is 6.61 Å². The zero-order chi connectivity index (χ0) is 21.0. The topological polar surface area (TPSA) is 104 Å². The third-order valence-corrected chi connectivity index (χ3v) is 6.53. The molecule has 0 unspecified atom stereocenters. The van der Waals surface area contributed by atoms with Crippen molar-refractivity contribution in [2.45, 2.75) is 70.5 Å². The van der Waals surface area contributed by atoms with Crippen LogP contribution in [-0.4, -0.2) is 45.9 Å². The van der Waals surface area contributed by atoms with E-state index in [1.54, 1.807) is 12.1 Å². The monoisotopic (exact) mass is 404 g/mol. The number of rotatable bonds is 10. The summed E-state index contributed by atoms with van der Waals surface area (Å²) in [7, 11) is 0. The Labute approximate surface area is 171 Å². The molecule has 0 aliphatic heterocycles. The fraction of sp³-hybridized carbons (Fsp3) is 0.652. The Morgan fingerprint density at radius 2 is 2.07 bits per heavy atom. The number of carbonyl (C=O) groups is 2. The highest BCUT2D eigenvalue weighted by Crippen LogP contribution is 2.48. The van der Waals surface area contributed by atoms with Crippen molar-refractivity contribution in [1.29, 1.82) is 0 Å². The van der Waals surface area contributed by atoms with Gasteiger partial charge in [-0.2, -0.15) is 0 Å². The van der Waals surface area contributed by atoms with E-state index in [1.807, 2.05) is 6.07 Å². The number of unbranched alkanes of at least 4 members (excludes halogenated alkanes) is 2. The maximum absolute atomic E-state index is 13.2. The molecule has 2 aliphatic carbocycles. The van der Waals surface area contributed by atoms with Gasteiger partial charge in [0.25, 0.3) is 0 Å². The molecule has 1 saturated carbocycles. The molecule has 160 valence electrons. The van der Waals surface area contributed by atoms with Crippen molar-refractivity contribution in [3.05, 3.63) is 29.3 Å². The van der Waals surface area contributed by atoms with E-state index in [9.17, 15) is 19.8 Å². The number of fused-ring (bicyclic) bond motifs is 2. The number of carboxylic acid groups (broad SMARTS) is 1. The summed E-state index contributed by atoms with van der Waals surface area (Å²) in [5.74, 6) is -1.03. The number of aliphatic carboxylic acids is 1. The molecular weight excluding hydrogens is 372 g/mol. The van der Waals surface area contributed by atoms with Crippen LogP contribution >= 0.6 is 0 Å². The quantitative estimate of drug-likeness (QED) is 0.517. The molecular formula is C23H32O6. The van der Waals surface area contributed by atoms with Crippen molar-refractivity contribution < 1.29 is 29.6 Å². The van der Waals surface area contributed by atoms with Crippen LogP contribution in [0.2, 0.25) is 0 Å². The minimum atomic E-state index is -1.09. The standard InChI is InChI=1S/C23H32O6/c1-2-3-4-7-15(24)9-10-16-17-11-14-6-5-8-20(29-13-21(26)27)22(14)23(28)18(17)12-19(16)25/h5-6,8,15-19,24-25H,2-4,7,9-13H2,1H3,(H,26,27)/t15-,16+,17+,18-,19+/m0/s1. The summed E-state index contributed by atoms with van der Waals surface area (Å²) in [6.07, 6.45) is 5.60. The molecule has 1 aromatic carbocycles. The molecule has 0 aromatic heterocycles. The zero-order valence-electron chi connectivity index (χ0n) is 17.0. The van der Waals surface area contributed by atoms with Crippen molar-refractivity contribution in [2.24, 2.45) is 17.8 Å². The smallest absolute Gasteiger partial charge is 0.341 e. The predicted octanol–water partition coefficient (Wildman–Crippen LogP) is 3.22. The van der Waals surface area contributed by atoms with Crippen LogP contribution in [0, 0.1) is 17.8 Å². The second-order valence-electron chi connectivity index (χ2n) is 8.51. The fourth-order valence-electron chi connectivity index (χ4n) is 5.08. The molecule has 6 nitrogen and oxygen atoms in total. The third kappa shape index (κ3) is 4.98. The molecule has 6 heteroatoms. The van der Waals surface area contributed by atoms with Gasteiger partial charge in [-0.15, -0.1) is 0 Å². The zero-order valence-corrected chi connectivity index (χ0v) is 17.0. The summed E-state index contributed by atoms with van der Waals surface area (Å²) in [6, 6.07) is 5.30. The summed E-state index contributed by atoms with van der Waals surface area (Å²) in [4.78, 5) is 24.0. The Morgan fingerprint density at radius 1 is 1.28 bits per heavy atom. The minimum Gasteiger partial charge on any atom is -0.481 e. The molecule has 0 heterocycles. The van der Waals surface area contributed by atoms with Gasteiger partial charge in [0.15, 0.2) is 12.4 Å². The van der Waals surface area contributed by atoms with Gasteiger partial charge in [0.05, 0.1) is 17.8 Å². The normalized spacial score (nSPS) is 26.7. The average Bonchev–Trinajstić information content (AvgIpc) is 3.00. The average molecular weight is 405 g/mol. The molecule has 3 N–H and O–H groups in total. The fourth-order valence-corrected chi connectivity index (χ4v) is 5.08. The Kier molecular flexibility index (Phi) is 7.30. The molecule has 0 spiro atoms. The van der Waals surface area contributed by atoms with E-state index in [1.165, 1.54) is 0 Å². The number of ether oxygens (including phenoxy) is 1. The second kappa shape index (κ2) is 9.72. The van der Waals surface area contributed by atoms with Gasteiger partial charge in [0, 0.05) is 5.92 Å². The van der Waals surface area contributed by atoms with E-state index < -0.39 is 18.7 Å². The van der Waals surface area contributed by atoms with E-state index in [2.05, 4.69) is 6.92 Å². The molecule has 0 radical (unpaired) electrons. The van der Waals surface area contributed by atoms with Crippen LogP contribution < -0.4 is 4.74 Å². The number of hydrogen-bond acceptors (Lipinski definition) is 5. The van der Waals surface area contributed by atoms with E-state index in [-0.39, 0.29) is 29.6 Å². The van der Waals surface area contributed by atoms with E-state index in [4.69, 9.17) is 9.84 Å². The van der Waals surface area contributed by atoms with Gasteiger partial charge in [-0.1, -0.05) is 38.3 Å². The van der Waals surface area contributed by atoms with Gasteiger partial charge in [-0.3, -0.25) is 4.79 Å². The number of ketones is 1. The van der Waals surface area contributed by atoms with E-state index in [0.29, 0.717) is 37.0 Å². The Hall–Kier alpha value is -1.92. The van der Waals surface area contributed by atoms with Gasteiger partial charge < -0.3 is 20.1 Å². The SMILES string of the molecule is CCCCC[C@H](O)CC[C@@H]1[C@H]2Cc3cccc(OCC(=O)O)c3C(=O)[C@H]2C[C@H]1O. The molecule has 2 aliphatic rings. The predicted molar refractivity (Wildman–Crippen MR) is 108 cm³/mol. The van der Waals surface area contributed by atoms with Gasteiger partial charge in [-0.05, 0) is 55.6 Å². The van der Waals surface area contributed by atoms with Gasteiger partial charge >= 0.3 is 5.97 Å². The van der Waals surface area contributed by atoms with Crippen molar-refractivity contribution in [3.8, 4) is 5.75 Å². The Bertz CT molecular complexity index is 730. The van der Waals surface area contributed by atoms with Crippen LogP contribution in [0.5, 0.6) is 5.75 Å². The first-order valence-corrected chi connectivity index (χ1v) is 10.8. The molecule has 0 saturated heterocycles. The van der Waals surface area contributed by atoms with E-state index >= 15 is 0 Å². The van der Waals surface area contributed by atoms with Crippen LogP contribution in [0.25, 0.3) is 0 Å². The first kappa shape index (κ1) is 21.8. The molecule has 5 atom stereocenters. The molecule has 29 heavy (non-hydrogen) atoms.